The van der Waals surface area contributed by atoms with Gasteiger partial charge in [-0.3, -0.25) is 5.32 Å². The number of nitrogens with one attached hydrogen (secondary N) is 2. The van der Waals surface area contributed by atoms with Gasteiger partial charge < -0.3 is 5.32 Å². The lowest BCUT2D eigenvalue weighted by Crippen LogP contribution is -2.20. The smallest absolute Gasteiger partial charge is 0.248 e. The fourth-order valence-electron chi connectivity index (χ4n) is 2.48. The summed E-state index contributed by atoms with van der Waals surface area (Å²) in [6, 6.07) is 13.4. The number of halogens is 2. The first-order chi connectivity index (χ1) is 12.6. The summed E-state index contributed by atoms with van der Waals surface area (Å²) in [6.45, 7) is 2.52. The summed E-state index contributed by atoms with van der Waals surface area (Å²) in [5.74, 6) is 0.402. The Hall–Kier alpha value is -2.15. The van der Waals surface area contributed by atoms with E-state index in [-0.39, 0.29) is 0 Å². The molecule has 0 atom stereocenters. The Morgan fingerprint density at radius 2 is 1.81 bits per heavy atom. The molecule has 0 saturated heterocycles. The van der Waals surface area contributed by atoms with E-state index in [1.165, 1.54) is 5.56 Å². The number of thiocarbonyl (C=S) groups is 1. The van der Waals surface area contributed by atoms with Crippen LogP contribution in [0.5, 0.6) is 0 Å². The SMILES string of the molecule is CCc1ccccc1NC(=S)Nc1ncn(Cc2c(Cl)cccc2Cl)n1. The Bertz CT molecular complexity index is 905. The highest BCUT2D eigenvalue weighted by molar-refractivity contribution is 7.80. The summed E-state index contributed by atoms with van der Waals surface area (Å²) >= 11 is 17.7. The molecule has 1 heterocycles. The molecule has 2 aromatic carbocycles. The van der Waals surface area contributed by atoms with Crippen molar-refractivity contribution in [3.8, 4) is 0 Å². The molecule has 0 aliphatic rings. The van der Waals surface area contributed by atoms with Crippen LogP contribution in [0.1, 0.15) is 18.1 Å². The number of hydrogen-bond donors (Lipinski definition) is 2. The minimum absolute atomic E-state index is 0.402. The summed E-state index contributed by atoms with van der Waals surface area (Å²) in [7, 11) is 0. The van der Waals surface area contributed by atoms with Crippen LogP contribution in [0.15, 0.2) is 48.8 Å². The van der Waals surface area contributed by atoms with Gasteiger partial charge in [0.1, 0.15) is 6.33 Å². The van der Waals surface area contributed by atoms with Gasteiger partial charge in [-0.2, -0.15) is 0 Å². The number of aryl methyl sites for hydroxylation is 1. The Morgan fingerprint density at radius 3 is 2.54 bits per heavy atom. The van der Waals surface area contributed by atoms with Gasteiger partial charge in [0.2, 0.25) is 5.95 Å². The van der Waals surface area contributed by atoms with Gasteiger partial charge in [-0.15, -0.1) is 5.10 Å². The van der Waals surface area contributed by atoms with Crippen LogP contribution in [-0.2, 0) is 13.0 Å². The van der Waals surface area contributed by atoms with Crippen LogP contribution in [0.2, 0.25) is 10.0 Å². The predicted octanol–water partition coefficient (Wildman–Crippen LogP) is 5.00. The van der Waals surface area contributed by atoms with Gasteiger partial charge >= 0.3 is 0 Å². The van der Waals surface area contributed by atoms with E-state index < -0.39 is 0 Å². The summed E-state index contributed by atoms with van der Waals surface area (Å²) in [5, 5.41) is 12.1. The van der Waals surface area contributed by atoms with Crippen LogP contribution >= 0.6 is 35.4 Å². The summed E-state index contributed by atoms with van der Waals surface area (Å²) in [6.07, 6.45) is 2.52. The highest BCUT2D eigenvalue weighted by Crippen LogP contribution is 2.25. The van der Waals surface area contributed by atoms with Crippen LogP contribution < -0.4 is 10.6 Å². The van der Waals surface area contributed by atoms with Crippen molar-refractivity contribution in [3.05, 3.63) is 70.0 Å². The van der Waals surface area contributed by atoms with E-state index in [9.17, 15) is 0 Å². The summed E-state index contributed by atoms with van der Waals surface area (Å²) in [4.78, 5) is 4.22. The van der Waals surface area contributed by atoms with Gasteiger partial charge in [0.15, 0.2) is 5.11 Å². The van der Waals surface area contributed by atoms with E-state index in [0.717, 1.165) is 17.7 Å². The fraction of sp³-hybridized carbons (Fsp3) is 0.167. The lowest BCUT2D eigenvalue weighted by Gasteiger charge is -2.11. The zero-order chi connectivity index (χ0) is 18.5. The largest absolute Gasteiger partial charge is 0.332 e. The maximum Gasteiger partial charge on any atom is 0.248 e. The average molecular weight is 406 g/mol. The Balaban J connectivity index is 1.66. The lowest BCUT2D eigenvalue weighted by atomic mass is 10.1. The van der Waals surface area contributed by atoms with Gasteiger partial charge in [-0.05, 0) is 42.4 Å². The van der Waals surface area contributed by atoms with Crippen molar-refractivity contribution in [1.82, 2.24) is 14.8 Å². The third-order valence-corrected chi connectivity index (χ3v) is 4.70. The highest BCUT2D eigenvalue weighted by Gasteiger charge is 2.09. The zero-order valence-corrected chi connectivity index (χ0v) is 16.4. The fourth-order valence-corrected chi connectivity index (χ4v) is 3.20. The van der Waals surface area contributed by atoms with Crippen molar-refractivity contribution < 1.29 is 0 Å². The molecule has 134 valence electrons. The van der Waals surface area contributed by atoms with Gasteiger partial charge in [0.25, 0.3) is 0 Å². The molecule has 2 N–H and O–H groups in total. The molecule has 0 unspecified atom stereocenters. The topological polar surface area (TPSA) is 54.8 Å². The second-order valence-electron chi connectivity index (χ2n) is 5.56. The number of hydrogen-bond acceptors (Lipinski definition) is 3. The zero-order valence-electron chi connectivity index (χ0n) is 14.0. The van der Waals surface area contributed by atoms with Crippen molar-refractivity contribution in [2.24, 2.45) is 0 Å². The molecule has 8 heteroatoms. The molecule has 3 aromatic rings. The van der Waals surface area contributed by atoms with Crippen molar-refractivity contribution in [3.63, 3.8) is 0 Å². The third kappa shape index (κ3) is 4.52. The molecule has 0 spiro atoms. The summed E-state index contributed by atoms with van der Waals surface area (Å²) < 4.78 is 1.65. The molecule has 0 amide bonds. The van der Waals surface area contributed by atoms with Crippen molar-refractivity contribution in [1.29, 1.82) is 0 Å². The molecule has 0 aliphatic heterocycles. The van der Waals surface area contributed by atoms with E-state index in [1.54, 1.807) is 29.2 Å². The van der Waals surface area contributed by atoms with Gasteiger partial charge in [0.05, 0.1) is 6.54 Å². The highest BCUT2D eigenvalue weighted by atomic mass is 35.5. The molecular weight excluding hydrogens is 389 g/mol. The third-order valence-electron chi connectivity index (χ3n) is 3.79. The van der Waals surface area contributed by atoms with Crippen LogP contribution in [-0.4, -0.2) is 19.9 Å². The van der Waals surface area contributed by atoms with Crippen LogP contribution in [0.4, 0.5) is 11.6 Å². The van der Waals surface area contributed by atoms with E-state index in [0.29, 0.717) is 27.7 Å². The molecule has 0 aliphatic carbocycles. The standard InChI is InChI=1S/C18H17Cl2N5S/c1-2-12-6-3-4-9-16(12)22-18(26)23-17-21-11-25(24-17)10-13-14(19)7-5-8-15(13)20/h3-9,11H,2,10H2,1H3,(H2,22,23,24,26). The maximum atomic E-state index is 6.20. The minimum atomic E-state index is 0.402. The second kappa shape index (κ2) is 8.49. The van der Waals surface area contributed by atoms with Crippen LogP contribution in [0, 0.1) is 0 Å². The second-order valence-corrected chi connectivity index (χ2v) is 6.78. The Labute approximate surface area is 167 Å². The van der Waals surface area contributed by atoms with Crippen molar-refractivity contribution in [2.75, 3.05) is 10.6 Å². The van der Waals surface area contributed by atoms with Crippen molar-refractivity contribution in [2.45, 2.75) is 19.9 Å². The van der Waals surface area contributed by atoms with Crippen LogP contribution in [0.25, 0.3) is 0 Å². The lowest BCUT2D eigenvalue weighted by molar-refractivity contribution is 0.687. The molecule has 0 fully saturated rings. The van der Waals surface area contributed by atoms with E-state index in [4.69, 9.17) is 35.4 Å². The first kappa shape index (κ1) is 18.6. The monoisotopic (exact) mass is 405 g/mol. The van der Waals surface area contributed by atoms with Crippen LogP contribution in [0.3, 0.4) is 0 Å². The molecule has 26 heavy (non-hydrogen) atoms. The number of benzene rings is 2. The molecule has 0 saturated carbocycles. The quantitative estimate of drug-likeness (QED) is 0.584. The minimum Gasteiger partial charge on any atom is -0.332 e. The normalized spacial score (nSPS) is 10.6. The summed E-state index contributed by atoms with van der Waals surface area (Å²) in [5.41, 5.74) is 2.95. The Kier molecular flexibility index (Phi) is 6.08. The molecule has 0 bridgehead atoms. The van der Waals surface area contributed by atoms with E-state index >= 15 is 0 Å². The molecule has 1 aromatic heterocycles. The maximum absolute atomic E-state index is 6.20. The molecule has 0 radical (unpaired) electrons. The van der Waals surface area contributed by atoms with Gasteiger partial charge in [0, 0.05) is 21.3 Å². The number of rotatable bonds is 5. The van der Waals surface area contributed by atoms with E-state index in [1.807, 2.05) is 18.2 Å². The molecule has 3 rings (SSSR count). The van der Waals surface area contributed by atoms with Gasteiger partial charge in [-0.1, -0.05) is 54.4 Å². The van der Waals surface area contributed by atoms with E-state index in [2.05, 4.69) is 33.7 Å². The molecule has 5 nitrogen and oxygen atoms in total. The first-order valence-electron chi connectivity index (χ1n) is 8.05. The number of para-hydroxylation sites is 1. The molecular formula is C18H17Cl2N5S. The van der Waals surface area contributed by atoms with Crippen molar-refractivity contribution >= 4 is 52.2 Å². The predicted molar refractivity (Wildman–Crippen MR) is 111 cm³/mol. The average Bonchev–Trinajstić information content (AvgIpc) is 3.05. The number of aromatic nitrogens is 3. The number of nitrogens with zero attached hydrogens (tertiary/aromatic N) is 3. The van der Waals surface area contributed by atoms with Gasteiger partial charge in [-0.25, -0.2) is 9.67 Å². The Morgan fingerprint density at radius 1 is 1.08 bits per heavy atom. The first-order valence-corrected chi connectivity index (χ1v) is 9.21. The number of anilines is 2.